The maximum absolute atomic E-state index is 11.8. The molecule has 88 valence electrons. The second-order valence-electron chi connectivity index (χ2n) is 4.00. The molecule has 1 unspecified atom stereocenters. The van der Waals surface area contributed by atoms with Crippen LogP contribution in [0.15, 0.2) is 18.6 Å². The van der Waals surface area contributed by atoms with Gasteiger partial charge >= 0.3 is 0 Å². The molecule has 5 nitrogen and oxygen atoms in total. The molecule has 0 aliphatic carbocycles. The molecule has 3 N–H and O–H groups in total. The Labute approximate surface area is 95.5 Å². The molecule has 0 aliphatic heterocycles. The zero-order valence-electron chi connectivity index (χ0n) is 9.68. The molecular weight excluding hydrogens is 204 g/mol. The van der Waals surface area contributed by atoms with Crippen LogP contribution in [-0.4, -0.2) is 28.5 Å². The van der Waals surface area contributed by atoms with Crippen LogP contribution in [0, 0.1) is 5.92 Å². The minimum absolute atomic E-state index is 0.0175. The minimum Gasteiger partial charge on any atom is -0.354 e. The predicted octanol–water partition coefficient (Wildman–Crippen LogP) is 0.119. The molecule has 1 heterocycles. The molecule has 1 atom stereocenters. The van der Waals surface area contributed by atoms with Gasteiger partial charge in [-0.1, -0.05) is 0 Å². The number of hydrogen-bond donors (Lipinski definition) is 2. The zero-order chi connectivity index (χ0) is 12.0. The first-order valence-corrected chi connectivity index (χ1v) is 5.38. The third-order valence-electron chi connectivity index (χ3n) is 2.18. The van der Waals surface area contributed by atoms with Crippen molar-refractivity contribution in [1.29, 1.82) is 0 Å². The van der Waals surface area contributed by atoms with Gasteiger partial charge in [-0.25, -0.2) is 9.97 Å². The molecule has 0 aliphatic rings. The molecular formula is C11H18N4O. The summed E-state index contributed by atoms with van der Waals surface area (Å²) in [6.45, 7) is 4.18. The summed E-state index contributed by atoms with van der Waals surface area (Å²) in [6, 6.07) is 1.93. The summed E-state index contributed by atoms with van der Waals surface area (Å²) in [6.07, 6.45) is 3.69. The molecule has 0 aromatic carbocycles. The maximum Gasteiger partial charge on any atom is 0.224 e. The van der Waals surface area contributed by atoms with Gasteiger partial charge in [0.1, 0.15) is 6.33 Å². The van der Waals surface area contributed by atoms with E-state index in [1.165, 1.54) is 6.33 Å². The smallest absolute Gasteiger partial charge is 0.224 e. The van der Waals surface area contributed by atoms with E-state index in [0.29, 0.717) is 13.0 Å². The highest BCUT2D eigenvalue weighted by molar-refractivity contribution is 5.79. The van der Waals surface area contributed by atoms with Gasteiger partial charge in [0, 0.05) is 30.9 Å². The first kappa shape index (κ1) is 12.6. The molecule has 0 spiro atoms. The van der Waals surface area contributed by atoms with Crippen molar-refractivity contribution in [2.75, 3.05) is 6.54 Å². The zero-order valence-corrected chi connectivity index (χ0v) is 9.68. The first-order valence-electron chi connectivity index (χ1n) is 5.38. The Morgan fingerprint density at radius 2 is 2.31 bits per heavy atom. The highest BCUT2D eigenvalue weighted by Gasteiger charge is 2.18. The first-order chi connectivity index (χ1) is 7.63. The summed E-state index contributed by atoms with van der Waals surface area (Å²) in [4.78, 5) is 19.7. The van der Waals surface area contributed by atoms with Crippen LogP contribution < -0.4 is 11.1 Å². The molecule has 0 saturated carbocycles. The van der Waals surface area contributed by atoms with Crippen LogP contribution in [0.3, 0.4) is 0 Å². The summed E-state index contributed by atoms with van der Waals surface area (Å²) in [5, 5.41) is 2.85. The topological polar surface area (TPSA) is 80.9 Å². The van der Waals surface area contributed by atoms with E-state index in [2.05, 4.69) is 15.3 Å². The van der Waals surface area contributed by atoms with Crippen molar-refractivity contribution in [3.05, 3.63) is 24.3 Å². The Hall–Kier alpha value is -1.49. The van der Waals surface area contributed by atoms with E-state index in [0.717, 1.165) is 5.69 Å². The second kappa shape index (κ2) is 6.17. The normalized spacial score (nSPS) is 12.5. The van der Waals surface area contributed by atoms with Gasteiger partial charge in [-0.05, 0) is 19.9 Å². The molecule has 0 radical (unpaired) electrons. The monoisotopic (exact) mass is 222 g/mol. The van der Waals surface area contributed by atoms with Gasteiger partial charge in [-0.15, -0.1) is 0 Å². The third-order valence-corrected chi connectivity index (χ3v) is 2.18. The van der Waals surface area contributed by atoms with Gasteiger partial charge in [0.05, 0.1) is 5.92 Å². The standard InChI is InChI=1S/C11H18N4O/c1-8(2)15-11(16)9(6-12)5-10-3-4-13-7-14-10/h3-4,7-9H,5-6,12H2,1-2H3,(H,15,16). The van der Waals surface area contributed by atoms with Crippen LogP contribution in [0.25, 0.3) is 0 Å². The van der Waals surface area contributed by atoms with E-state index in [-0.39, 0.29) is 17.9 Å². The number of rotatable bonds is 5. The quantitative estimate of drug-likeness (QED) is 0.741. The van der Waals surface area contributed by atoms with Gasteiger partial charge in [-0.3, -0.25) is 4.79 Å². The van der Waals surface area contributed by atoms with E-state index in [4.69, 9.17) is 5.73 Å². The fourth-order valence-electron chi connectivity index (χ4n) is 1.38. The fraction of sp³-hybridized carbons (Fsp3) is 0.545. The highest BCUT2D eigenvalue weighted by atomic mass is 16.1. The Bertz CT molecular complexity index is 326. The Morgan fingerprint density at radius 3 is 2.81 bits per heavy atom. The summed E-state index contributed by atoms with van der Waals surface area (Å²) < 4.78 is 0. The van der Waals surface area contributed by atoms with Gasteiger partial charge in [-0.2, -0.15) is 0 Å². The lowest BCUT2D eigenvalue weighted by atomic mass is 10.0. The van der Waals surface area contributed by atoms with Crippen molar-refractivity contribution < 1.29 is 4.79 Å². The van der Waals surface area contributed by atoms with Crippen LogP contribution in [0.4, 0.5) is 0 Å². The van der Waals surface area contributed by atoms with Crippen LogP contribution >= 0.6 is 0 Å². The fourth-order valence-corrected chi connectivity index (χ4v) is 1.38. The van der Waals surface area contributed by atoms with Gasteiger partial charge in [0.2, 0.25) is 5.91 Å². The Kier molecular flexibility index (Phi) is 4.85. The summed E-state index contributed by atoms with van der Waals surface area (Å²) in [5.41, 5.74) is 6.43. The molecule has 1 amide bonds. The van der Waals surface area contributed by atoms with Crippen LogP contribution in [-0.2, 0) is 11.2 Å². The van der Waals surface area contributed by atoms with Crippen molar-refractivity contribution in [3.8, 4) is 0 Å². The number of hydrogen-bond acceptors (Lipinski definition) is 4. The Morgan fingerprint density at radius 1 is 1.56 bits per heavy atom. The van der Waals surface area contributed by atoms with Crippen molar-refractivity contribution in [3.63, 3.8) is 0 Å². The van der Waals surface area contributed by atoms with Crippen molar-refractivity contribution in [2.24, 2.45) is 11.7 Å². The summed E-state index contributed by atoms with van der Waals surface area (Å²) in [7, 11) is 0. The molecule has 0 bridgehead atoms. The van der Waals surface area contributed by atoms with E-state index in [1.54, 1.807) is 12.3 Å². The average Bonchev–Trinajstić information content (AvgIpc) is 2.26. The number of aromatic nitrogens is 2. The highest BCUT2D eigenvalue weighted by Crippen LogP contribution is 2.05. The predicted molar refractivity (Wildman–Crippen MR) is 61.6 cm³/mol. The molecule has 0 fully saturated rings. The molecule has 0 saturated heterocycles. The maximum atomic E-state index is 11.8. The molecule has 1 aromatic heterocycles. The van der Waals surface area contributed by atoms with Crippen LogP contribution in [0.2, 0.25) is 0 Å². The van der Waals surface area contributed by atoms with Crippen molar-refractivity contribution >= 4 is 5.91 Å². The number of nitrogens with zero attached hydrogens (tertiary/aromatic N) is 2. The molecule has 1 aromatic rings. The number of nitrogens with one attached hydrogen (secondary N) is 1. The lowest BCUT2D eigenvalue weighted by Crippen LogP contribution is -2.39. The van der Waals surface area contributed by atoms with Crippen LogP contribution in [0.1, 0.15) is 19.5 Å². The van der Waals surface area contributed by atoms with Gasteiger partial charge in [0.15, 0.2) is 0 Å². The van der Waals surface area contributed by atoms with Gasteiger partial charge < -0.3 is 11.1 Å². The second-order valence-corrected chi connectivity index (χ2v) is 4.00. The lowest BCUT2D eigenvalue weighted by molar-refractivity contribution is -0.125. The van der Waals surface area contributed by atoms with E-state index in [1.807, 2.05) is 13.8 Å². The van der Waals surface area contributed by atoms with Crippen LogP contribution in [0.5, 0.6) is 0 Å². The minimum atomic E-state index is -0.225. The van der Waals surface area contributed by atoms with Crippen molar-refractivity contribution in [1.82, 2.24) is 15.3 Å². The number of amides is 1. The van der Waals surface area contributed by atoms with Crippen molar-refractivity contribution in [2.45, 2.75) is 26.3 Å². The number of carbonyl (C=O) groups is 1. The number of carbonyl (C=O) groups excluding carboxylic acids is 1. The molecule has 1 rings (SSSR count). The largest absolute Gasteiger partial charge is 0.354 e. The van der Waals surface area contributed by atoms with E-state index < -0.39 is 0 Å². The van der Waals surface area contributed by atoms with E-state index in [9.17, 15) is 4.79 Å². The third kappa shape index (κ3) is 3.94. The van der Waals surface area contributed by atoms with Gasteiger partial charge in [0.25, 0.3) is 0 Å². The summed E-state index contributed by atoms with van der Waals surface area (Å²) >= 11 is 0. The van der Waals surface area contributed by atoms with E-state index >= 15 is 0 Å². The molecule has 16 heavy (non-hydrogen) atoms. The summed E-state index contributed by atoms with van der Waals surface area (Å²) in [5.74, 6) is -0.242. The number of nitrogens with two attached hydrogens (primary N) is 1. The Balaban J connectivity index is 2.58. The molecule has 5 heteroatoms. The SMILES string of the molecule is CC(C)NC(=O)C(CN)Cc1ccncn1. The average molecular weight is 222 g/mol. The lowest BCUT2D eigenvalue weighted by Gasteiger charge is -2.16.